The van der Waals surface area contributed by atoms with E-state index < -0.39 is 6.04 Å². The Balaban J connectivity index is 2.73. The Kier molecular flexibility index (Phi) is 5.46. The molecule has 4 heteroatoms. The van der Waals surface area contributed by atoms with Crippen molar-refractivity contribution in [1.29, 1.82) is 0 Å². The summed E-state index contributed by atoms with van der Waals surface area (Å²) in [5.74, 6) is -0.699. The van der Waals surface area contributed by atoms with Gasteiger partial charge in [0.05, 0.1) is 12.3 Å². The highest BCUT2D eigenvalue weighted by atomic mass is 19.1. The first-order chi connectivity index (χ1) is 8.19. The van der Waals surface area contributed by atoms with Crippen LogP contribution in [0.1, 0.15) is 26.7 Å². The zero-order valence-electron chi connectivity index (χ0n) is 10.2. The van der Waals surface area contributed by atoms with Gasteiger partial charge < -0.3 is 10.1 Å². The SMILES string of the molecule is CCCC(Nc1ccccc1F)C(=O)OCC. The van der Waals surface area contributed by atoms with Crippen LogP contribution in [0.5, 0.6) is 0 Å². The van der Waals surface area contributed by atoms with Crippen LogP contribution in [0.25, 0.3) is 0 Å². The summed E-state index contributed by atoms with van der Waals surface area (Å²) < 4.78 is 18.4. The van der Waals surface area contributed by atoms with E-state index in [4.69, 9.17) is 4.74 Å². The molecule has 0 aromatic heterocycles. The fraction of sp³-hybridized carbons (Fsp3) is 0.462. The normalized spacial score (nSPS) is 11.9. The molecule has 1 atom stereocenters. The lowest BCUT2D eigenvalue weighted by Gasteiger charge is -2.17. The number of hydrogen-bond donors (Lipinski definition) is 1. The van der Waals surface area contributed by atoms with Crippen molar-refractivity contribution in [3.8, 4) is 0 Å². The highest BCUT2D eigenvalue weighted by Gasteiger charge is 2.19. The van der Waals surface area contributed by atoms with Gasteiger partial charge in [-0.2, -0.15) is 0 Å². The van der Waals surface area contributed by atoms with Crippen LogP contribution in [0.3, 0.4) is 0 Å². The molecule has 1 unspecified atom stereocenters. The predicted molar refractivity (Wildman–Crippen MR) is 65.4 cm³/mol. The van der Waals surface area contributed by atoms with E-state index in [1.54, 1.807) is 25.1 Å². The number of rotatable bonds is 6. The van der Waals surface area contributed by atoms with Crippen LogP contribution in [0.15, 0.2) is 24.3 Å². The largest absolute Gasteiger partial charge is 0.464 e. The topological polar surface area (TPSA) is 38.3 Å². The summed E-state index contributed by atoms with van der Waals surface area (Å²) in [6, 6.07) is 5.81. The molecule has 0 heterocycles. The Morgan fingerprint density at radius 2 is 2.12 bits per heavy atom. The van der Waals surface area contributed by atoms with Gasteiger partial charge in [-0.15, -0.1) is 0 Å². The van der Waals surface area contributed by atoms with Crippen LogP contribution in [0.2, 0.25) is 0 Å². The third-order valence-corrected chi connectivity index (χ3v) is 2.35. The summed E-state index contributed by atoms with van der Waals surface area (Å²) in [6.07, 6.45) is 1.44. The molecule has 0 amide bonds. The first kappa shape index (κ1) is 13.5. The summed E-state index contributed by atoms with van der Waals surface area (Å²) >= 11 is 0. The molecular weight excluding hydrogens is 221 g/mol. The zero-order chi connectivity index (χ0) is 12.7. The lowest BCUT2D eigenvalue weighted by atomic mass is 10.1. The molecule has 3 nitrogen and oxygen atoms in total. The summed E-state index contributed by atoms with van der Waals surface area (Å²) in [5.41, 5.74) is 0.332. The van der Waals surface area contributed by atoms with Crippen molar-refractivity contribution in [3.05, 3.63) is 30.1 Å². The quantitative estimate of drug-likeness (QED) is 0.775. The van der Waals surface area contributed by atoms with Gasteiger partial charge in [0.2, 0.25) is 0 Å². The Morgan fingerprint density at radius 3 is 2.71 bits per heavy atom. The van der Waals surface area contributed by atoms with Gasteiger partial charge >= 0.3 is 5.97 Å². The molecule has 0 saturated carbocycles. The lowest BCUT2D eigenvalue weighted by Crippen LogP contribution is -2.31. The van der Waals surface area contributed by atoms with Crippen molar-refractivity contribution >= 4 is 11.7 Å². The fourth-order valence-electron chi connectivity index (χ4n) is 1.55. The molecule has 1 rings (SSSR count). The van der Waals surface area contributed by atoms with Gasteiger partial charge in [-0.3, -0.25) is 0 Å². The third-order valence-electron chi connectivity index (χ3n) is 2.35. The third kappa shape index (κ3) is 4.06. The number of hydrogen-bond acceptors (Lipinski definition) is 3. The highest BCUT2D eigenvalue weighted by molar-refractivity contribution is 5.79. The minimum atomic E-state index is -0.489. The molecule has 0 aliphatic carbocycles. The molecule has 0 radical (unpaired) electrons. The molecule has 0 aliphatic heterocycles. The molecule has 0 fully saturated rings. The smallest absolute Gasteiger partial charge is 0.328 e. The van der Waals surface area contributed by atoms with Crippen molar-refractivity contribution in [2.24, 2.45) is 0 Å². The van der Waals surface area contributed by atoms with Gasteiger partial charge in [0.25, 0.3) is 0 Å². The van der Waals surface area contributed by atoms with Gasteiger partial charge in [-0.05, 0) is 25.5 Å². The number of esters is 1. The number of halogens is 1. The molecule has 0 bridgehead atoms. The van der Waals surface area contributed by atoms with Gasteiger partial charge in [0.15, 0.2) is 0 Å². The molecule has 0 saturated heterocycles. The first-order valence-corrected chi connectivity index (χ1v) is 5.86. The van der Waals surface area contributed by atoms with Gasteiger partial charge in [0.1, 0.15) is 11.9 Å². The average molecular weight is 239 g/mol. The summed E-state index contributed by atoms with van der Waals surface area (Å²) in [5, 5.41) is 2.88. The van der Waals surface area contributed by atoms with E-state index in [-0.39, 0.29) is 11.8 Å². The molecule has 0 aliphatic rings. The van der Waals surface area contributed by atoms with Crippen LogP contribution >= 0.6 is 0 Å². The van der Waals surface area contributed by atoms with E-state index >= 15 is 0 Å². The number of carbonyl (C=O) groups excluding carboxylic acids is 1. The van der Waals surface area contributed by atoms with E-state index in [1.807, 2.05) is 6.92 Å². The second-order valence-corrected chi connectivity index (χ2v) is 3.72. The molecule has 0 spiro atoms. The number of para-hydroxylation sites is 1. The second kappa shape index (κ2) is 6.89. The van der Waals surface area contributed by atoms with Gasteiger partial charge in [-0.1, -0.05) is 25.5 Å². The standard InChI is InChI=1S/C13H18FNO2/c1-3-7-12(13(16)17-4-2)15-11-9-6-5-8-10(11)14/h5-6,8-9,12,15H,3-4,7H2,1-2H3. The van der Waals surface area contributed by atoms with Crippen molar-refractivity contribution in [3.63, 3.8) is 0 Å². The van der Waals surface area contributed by atoms with E-state index in [2.05, 4.69) is 5.32 Å². The lowest BCUT2D eigenvalue weighted by molar-refractivity contribution is -0.144. The second-order valence-electron chi connectivity index (χ2n) is 3.72. The highest BCUT2D eigenvalue weighted by Crippen LogP contribution is 2.16. The van der Waals surface area contributed by atoms with Gasteiger partial charge in [-0.25, -0.2) is 9.18 Å². The number of carbonyl (C=O) groups is 1. The van der Waals surface area contributed by atoms with Crippen molar-refractivity contribution in [2.75, 3.05) is 11.9 Å². The Labute approximate surface area is 101 Å². The predicted octanol–water partition coefficient (Wildman–Crippen LogP) is 2.97. The van der Waals surface area contributed by atoms with E-state index in [1.165, 1.54) is 6.07 Å². The number of nitrogens with one attached hydrogen (secondary N) is 1. The fourth-order valence-corrected chi connectivity index (χ4v) is 1.55. The molecule has 1 N–H and O–H groups in total. The summed E-state index contributed by atoms with van der Waals surface area (Å²) in [6.45, 7) is 4.05. The van der Waals surface area contributed by atoms with Crippen LogP contribution in [-0.2, 0) is 9.53 Å². The zero-order valence-corrected chi connectivity index (χ0v) is 10.2. The van der Waals surface area contributed by atoms with Crippen LogP contribution < -0.4 is 5.32 Å². The van der Waals surface area contributed by atoms with Gasteiger partial charge in [0, 0.05) is 0 Å². The molecule has 94 valence electrons. The minimum absolute atomic E-state index is 0.331. The summed E-state index contributed by atoms with van der Waals surface area (Å²) in [7, 11) is 0. The van der Waals surface area contributed by atoms with Crippen LogP contribution in [-0.4, -0.2) is 18.6 Å². The number of benzene rings is 1. The van der Waals surface area contributed by atoms with Crippen molar-refractivity contribution in [1.82, 2.24) is 0 Å². The summed E-state index contributed by atoms with van der Waals surface area (Å²) in [4.78, 5) is 11.6. The molecule has 17 heavy (non-hydrogen) atoms. The monoisotopic (exact) mass is 239 g/mol. The Morgan fingerprint density at radius 1 is 1.41 bits per heavy atom. The van der Waals surface area contributed by atoms with E-state index in [9.17, 15) is 9.18 Å². The average Bonchev–Trinajstić information content (AvgIpc) is 2.31. The maximum Gasteiger partial charge on any atom is 0.328 e. The van der Waals surface area contributed by atoms with Crippen molar-refractivity contribution < 1.29 is 13.9 Å². The van der Waals surface area contributed by atoms with E-state index in [0.29, 0.717) is 18.7 Å². The maximum atomic E-state index is 13.4. The molecular formula is C13H18FNO2. The molecule has 1 aromatic carbocycles. The Hall–Kier alpha value is -1.58. The maximum absolute atomic E-state index is 13.4. The Bertz CT molecular complexity index is 368. The first-order valence-electron chi connectivity index (χ1n) is 5.86. The minimum Gasteiger partial charge on any atom is -0.464 e. The van der Waals surface area contributed by atoms with Crippen molar-refractivity contribution in [2.45, 2.75) is 32.7 Å². The molecule has 1 aromatic rings. The van der Waals surface area contributed by atoms with Crippen LogP contribution in [0, 0.1) is 5.82 Å². The van der Waals surface area contributed by atoms with Crippen LogP contribution in [0.4, 0.5) is 10.1 Å². The number of anilines is 1. The number of ether oxygens (including phenoxy) is 1. The van der Waals surface area contributed by atoms with E-state index in [0.717, 1.165) is 6.42 Å².